The van der Waals surface area contributed by atoms with E-state index in [1.807, 2.05) is 0 Å². The molecule has 0 spiro atoms. The maximum absolute atomic E-state index is 2.62. The highest BCUT2D eigenvalue weighted by Crippen LogP contribution is 2.62. The maximum Gasteiger partial charge on any atom is -0.0269 e. The van der Waals surface area contributed by atoms with Crippen LogP contribution >= 0.6 is 0 Å². The van der Waals surface area contributed by atoms with Crippen LogP contribution in [-0.2, 0) is 0 Å². The molecule has 0 aromatic heterocycles. The summed E-state index contributed by atoms with van der Waals surface area (Å²) in [5, 5.41) is 0. The zero-order valence-electron chi connectivity index (χ0n) is 11.3. The minimum Gasteiger partial charge on any atom is -0.0622 e. The maximum atomic E-state index is 2.62. The molecular weight excluding hydrogens is 192 g/mol. The van der Waals surface area contributed by atoms with E-state index in [2.05, 4.69) is 20.8 Å². The first-order valence-electron chi connectivity index (χ1n) is 7.63. The Morgan fingerprint density at radius 3 is 2.50 bits per heavy atom. The van der Waals surface area contributed by atoms with Gasteiger partial charge in [0.05, 0.1) is 0 Å². The Hall–Kier alpha value is 0. The van der Waals surface area contributed by atoms with Crippen LogP contribution in [0.25, 0.3) is 0 Å². The molecule has 16 heavy (non-hydrogen) atoms. The lowest BCUT2D eigenvalue weighted by Gasteiger charge is -2.52. The van der Waals surface area contributed by atoms with Crippen molar-refractivity contribution in [2.24, 2.45) is 35.0 Å². The normalized spacial score (nSPS) is 56.8. The Labute approximate surface area is 101 Å². The lowest BCUT2D eigenvalue weighted by atomic mass is 9.53. The van der Waals surface area contributed by atoms with E-state index in [0.29, 0.717) is 0 Å². The van der Waals surface area contributed by atoms with Crippen LogP contribution in [-0.4, -0.2) is 0 Å². The number of rotatable bonds is 0. The van der Waals surface area contributed by atoms with Gasteiger partial charge in [0.1, 0.15) is 0 Å². The van der Waals surface area contributed by atoms with Gasteiger partial charge in [-0.05, 0) is 67.1 Å². The van der Waals surface area contributed by atoms with Gasteiger partial charge in [0, 0.05) is 0 Å². The van der Waals surface area contributed by atoms with E-state index in [9.17, 15) is 0 Å². The van der Waals surface area contributed by atoms with Crippen LogP contribution in [0, 0.1) is 35.0 Å². The molecule has 0 N–H and O–H groups in total. The second-order valence-electron chi connectivity index (χ2n) is 7.37. The van der Waals surface area contributed by atoms with Gasteiger partial charge in [0.15, 0.2) is 0 Å². The monoisotopic (exact) mass is 220 g/mol. The Morgan fingerprint density at radius 1 is 0.875 bits per heavy atom. The molecule has 0 nitrogen and oxygen atoms in total. The molecule has 0 saturated heterocycles. The largest absolute Gasteiger partial charge is 0.0622 e. The molecule has 92 valence electrons. The van der Waals surface area contributed by atoms with Gasteiger partial charge in [0.25, 0.3) is 0 Å². The van der Waals surface area contributed by atoms with E-state index in [1.54, 1.807) is 19.3 Å². The highest BCUT2D eigenvalue weighted by molar-refractivity contribution is 5.02. The molecule has 0 amide bonds. The summed E-state index contributed by atoms with van der Waals surface area (Å²) in [6.45, 7) is 7.66. The van der Waals surface area contributed by atoms with Crippen LogP contribution < -0.4 is 0 Å². The lowest BCUT2D eigenvalue weighted by molar-refractivity contribution is -0.0257. The van der Waals surface area contributed by atoms with Crippen molar-refractivity contribution in [1.82, 2.24) is 0 Å². The number of hydrogen-bond donors (Lipinski definition) is 0. The highest BCUT2D eigenvalue weighted by Gasteiger charge is 2.53. The van der Waals surface area contributed by atoms with Crippen molar-refractivity contribution in [3.05, 3.63) is 0 Å². The van der Waals surface area contributed by atoms with Gasteiger partial charge in [-0.25, -0.2) is 0 Å². The first-order chi connectivity index (χ1) is 7.63. The van der Waals surface area contributed by atoms with E-state index in [-0.39, 0.29) is 0 Å². The van der Waals surface area contributed by atoms with Crippen molar-refractivity contribution >= 4 is 0 Å². The molecule has 0 bridgehead atoms. The van der Waals surface area contributed by atoms with Gasteiger partial charge in [-0.3, -0.25) is 0 Å². The second-order valence-corrected chi connectivity index (χ2v) is 7.37. The zero-order valence-corrected chi connectivity index (χ0v) is 11.3. The fourth-order valence-electron chi connectivity index (χ4n) is 5.59. The van der Waals surface area contributed by atoms with Gasteiger partial charge >= 0.3 is 0 Å². The topological polar surface area (TPSA) is 0 Å². The summed E-state index contributed by atoms with van der Waals surface area (Å²) in [6.07, 6.45) is 10.7. The molecule has 3 fully saturated rings. The molecule has 0 aromatic rings. The average molecular weight is 220 g/mol. The Morgan fingerprint density at radius 2 is 1.69 bits per heavy atom. The van der Waals surface area contributed by atoms with Crippen molar-refractivity contribution in [2.75, 3.05) is 0 Å². The van der Waals surface area contributed by atoms with E-state index in [0.717, 1.165) is 35.0 Å². The number of hydrogen-bond acceptors (Lipinski definition) is 0. The van der Waals surface area contributed by atoms with Gasteiger partial charge < -0.3 is 0 Å². The van der Waals surface area contributed by atoms with Crippen molar-refractivity contribution in [1.29, 1.82) is 0 Å². The Bertz CT molecular complexity index is 269. The Balaban J connectivity index is 1.86. The molecule has 0 aliphatic heterocycles. The first-order valence-corrected chi connectivity index (χ1v) is 7.63. The molecule has 0 radical (unpaired) electrons. The van der Waals surface area contributed by atoms with Gasteiger partial charge in [-0.1, -0.05) is 33.6 Å². The number of fused-ring (bicyclic) bond motifs is 3. The standard InChI is InChI=1S/C16H28/c1-11-5-4-6-14-13(11)9-10-16(3)12(2)7-8-15(14)16/h11-15H,4-10H2,1-3H3/t11-,12?,13?,14?,15?,16-/m1/s1. The summed E-state index contributed by atoms with van der Waals surface area (Å²) in [4.78, 5) is 0. The molecule has 3 saturated carbocycles. The van der Waals surface area contributed by atoms with Crippen LogP contribution in [0.2, 0.25) is 0 Å². The molecule has 3 aliphatic rings. The third-order valence-electron chi connectivity index (χ3n) is 6.89. The van der Waals surface area contributed by atoms with E-state index in [4.69, 9.17) is 0 Å². The van der Waals surface area contributed by atoms with Crippen LogP contribution in [0.3, 0.4) is 0 Å². The predicted octanol–water partition coefficient (Wildman–Crippen LogP) is 4.89. The average Bonchev–Trinajstić information content (AvgIpc) is 2.56. The summed E-state index contributed by atoms with van der Waals surface area (Å²) in [5.74, 6) is 5.31. The summed E-state index contributed by atoms with van der Waals surface area (Å²) in [7, 11) is 0. The molecule has 0 heteroatoms. The van der Waals surface area contributed by atoms with Gasteiger partial charge in [-0.2, -0.15) is 0 Å². The van der Waals surface area contributed by atoms with E-state index in [1.165, 1.54) is 25.7 Å². The van der Waals surface area contributed by atoms with E-state index < -0.39 is 0 Å². The minimum absolute atomic E-state index is 0.720. The smallest absolute Gasteiger partial charge is 0.0269 e. The zero-order chi connectivity index (χ0) is 11.3. The van der Waals surface area contributed by atoms with Crippen LogP contribution in [0.1, 0.15) is 65.7 Å². The van der Waals surface area contributed by atoms with Crippen molar-refractivity contribution in [2.45, 2.75) is 65.7 Å². The fraction of sp³-hybridized carbons (Fsp3) is 1.00. The van der Waals surface area contributed by atoms with Crippen LogP contribution in [0.15, 0.2) is 0 Å². The van der Waals surface area contributed by atoms with E-state index >= 15 is 0 Å². The molecular formula is C16H28. The van der Waals surface area contributed by atoms with Gasteiger partial charge in [0.2, 0.25) is 0 Å². The van der Waals surface area contributed by atoms with Crippen molar-refractivity contribution in [3.8, 4) is 0 Å². The predicted molar refractivity (Wildman–Crippen MR) is 69.2 cm³/mol. The third-order valence-corrected chi connectivity index (χ3v) is 6.89. The van der Waals surface area contributed by atoms with Crippen molar-refractivity contribution < 1.29 is 0 Å². The van der Waals surface area contributed by atoms with Crippen LogP contribution in [0.4, 0.5) is 0 Å². The van der Waals surface area contributed by atoms with Crippen LogP contribution in [0.5, 0.6) is 0 Å². The molecule has 3 aliphatic carbocycles. The third kappa shape index (κ3) is 1.41. The first kappa shape index (κ1) is 11.1. The molecule has 6 atom stereocenters. The summed E-state index contributed by atoms with van der Waals surface area (Å²) in [5.41, 5.74) is 0.720. The summed E-state index contributed by atoms with van der Waals surface area (Å²) >= 11 is 0. The molecule has 0 aromatic carbocycles. The second kappa shape index (κ2) is 3.75. The fourth-order valence-corrected chi connectivity index (χ4v) is 5.59. The van der Waals surface area contributed by atoms with Gasteiger partial charge in [-0.15, -0.1) is 0 Å². The highest BCUT2D eigenvalue weighted by atomic mass is 14.6. The SMILES string of the molecule is CC1CCC2C3CCC[C@@H](C)C3CC[C@]12C. The van der Waals surface area contributed by atoms with Crippen molar-refractivity contribution in [3.63, 3.8) is 0 Å². The lowest BCUT2D eigenvalue weighted by Crippen LogP contribution is -2.44. The summed E-state index contributed by atoms with van der Waals surface area (Å²) in [6, 6.07) is 0. The molecule has 4 unspecified atom stereocenters. The summed E-state index contributed by atoms with van der Waals surface area (Å²) < 4.78 is 0. The molecule has 3 rings (SSSR count). The quantitative estimate of drug-likeness (QED) is 0.545. The Kier molecular flexibility index (Phi) is 2.60. The molecule has 0 heterocycles. The minimum atomic E-state index is 0.720.